The molecule has 1 atom stereocenters. The lowest BCUT2D eigenvalue weighted by atomic mass is 9.91. The van der Waals surface area contributed by atoms with Gasteiger partial charge in [0.15, 0.2) is 5.78 Å². The number of carbonyl (C=O) groups excluding carboxylic acids is 1. The Morgan fingerprint density at radius 1 is 1.04 bits per heavy atom. The summed E-state index contributed by atoms with van der Waals surface area (Å²) in [6.07, 6.45) is 1.76. The van der Waals surface area contributed by atoms with Gasteiger partial charge in [-0.25, -0.2) is 0 Å². The summed E-state index contributed by atoms with van der Waals surface area (Å²) in [5.41, 5.74) is 2.18. The molecular weight excluding hydrogens is 290 g/mol. The number of carboxylic acid groups (broad SMARTS) is 1. The minimum absolute atomic E-state index is 0.0483. The van der Waals surface area contributed by atoms with E-state index in [1.54, 1.807) is 24.3 Å². The molecule has 3 aromatic rings. The van der Waals surface area contributed by atoms with Gasteiger partial charge in [0.1, 0.15) is 0 Å². The summed E-state index contributed by atoms with van der Waals surface area (Å²) in [6, 6.07) is 16.4. The molecule has 23 heavy (non-hydrogen) atoms. The highest BCUT2D eigenvalue weighted by molar-refractivity contribution is 6.00. The number of ketones is 1. The molecule has 1 N–H and O–H groups in total. The Bertz CT molecular complexity index is 865. The van der Waals surface area contributed by atoms with Crippen LogP contribution in [-0.4, -0.2) is 21.4 Å². The molecule has 1 aromatic heterocycles. The van der Waals surface area contributed by atoms with Crippen molar-refractivity contribution in [3.8, 4) is 0 Å². The molecule has 0 aliphatic heterocycles. The average molecular weight is 307 g/mol. The third kappa shape index (κ3) is 2.88. The summed E-state index contributed by atoms with van der Waals surface area (Å²) in [4.78, 5) is 24.2. The Kier molecular flexibility index (Phi) is 3.98. The van der Waals surface area contributed by atoms with Gasteiger partial charge in [0.2, 0.25) is 0 Å². The Balaban J connectivity index is 1.99. The van der Waals surface area contributed by atoms with Crippen LogP contribution in [0.4, 0.5) is 0 Å². The summed E-state index contributed by atoms with van der Waals surface area (Å²) in [7, 11) is 1.88. The van der Waals surface area contributed by atoms with Crippen molar-refractivity contribution in [3.05, 3.63) is 71.9 Å². The van der Waals surface area contributed by atoms with Crippen LogP contribution < -0.4 is 0 Å². The number of benzene rings is 2. The highest BCUT2D eigenvalue weighted by Crippen LogP contribution is 2.30. The van der Waals surface area contributed by atoms with E-state index in [-0.39, 0.29) is 12.2 Å². The zero-order valence-electron chi connectivity index (χ0n) is 12.8. The number of Topliss-reactive ketones (excluding diaryl/α,β-unsaturated/α-hetero) is 1. The highest BCUT2D eigenvalue weighted by atomic mass is 16.4. The van der Waals surface area contributed by atoms with Crippen molar-refractivity contribution in [1.82, 2.24) is 4.57 Å². The fourth-order valence-corrected chi connectivity index (χ4v) is 2.91. The Morgan fingerprint density at radius 3 is 2.39 bits per heavy atom. The van der Waals surface area contributed by atoms with Crippen molar-refractivity contribution in [2.75, 3.05) is 0 Å². The molecule has 0 unspecified atom stereocenters. The smallest absolute Gasteiger partial charge is 0.311 e. The fraction of sp³-hybridized carbons (Fsp3) is 0.158. The number of hydrogen-bond acceptors (Lipinski definition) is 2. The molecule has 3 rings (SSSR count). The van der Waals surface area contributed by atoms with E-state index < -0.39 is 11.9 Å². The SMILES string of the molecule is Cn1cc([C@H](CC(=O)c2ccccc2)C(=O)O)c2ccccc21. The first-order valence-corrected chi connectivity index (χ1v) is 7.43. The van der Waals surface area contributed by atoms with Gasteiger partial charge in [-0.15, -0.1) is 0 Å². The lowest BCUT2D eigenvalue weighted by Crippen LogP contribution is -2.16. The fourth-order valence-electron chi connectivity index (χ4n) is 2.91. The molecule has 0 fully saturated rings. The third-order valence-electron chi connectivity index (χ3n) is 4.09. The minimum atomic E-state index is -0.981. The third-order valence-corrected chi connectivity index (χ3v) is 4.09. The Morgan fingerprint density at radius 2 is 1.70 bits per heavy atom. The first-order valence-electron chi connectivity index (χ1n) is 7.43. The lowest BCUT2D eigenvalue weighted by molar-refractivity contribution is -0.138. The number of nitrogens with zero attached hydrogens (tertiary/aromatic N) is 1. The molecular formula is C19H17NO3. The zero-order chi connectivity index (χ0) is 16.4. The topological polar surface area (TPSA) is 59.3 Å². The molecule has 116 valence electrons. The monoisotopic (exact) mass is 307 g/mol. The van der Waals surface area contributed by atoms with Crippen molar-refractivity contribution >= 4 is 22.7 Å². The van der Waals surface area contributed by atoms with Crippen LogP contribution in [0.5, 0.6) is 0 Å². The summed E-state index contributed by atoms with van der Waals surface area (Å²) >= 11 is 0. The van der Waals surface area contributed by atoms with E-state index in [1.807, 2.05) is 48.1 Å². The van der Waals surface area contributed by atoms with Gasteiger partial charge in [0.05, 0.1) is 5.92 Å². The second-order valence-corrected chi connectivity index (χ2v) is 5.60. The second-order valence-electron chi connectivity index (χ2n) is 5.60. The van der Waals surface area contributed by atoms with Crippen molar-refractivity contribution in [1.29, 1.82) is 0 Å². The van der Waals surface area contributed by atoms with E-state index >= 15 is 0 Å². The van der Waals surface area contributed by atoms with Gasteiger partial charge in [0.25, 0.3) is 0 Å². The van der Waals surface area contributed by atoms with E-state index in [9.17, 15) is 14.7 Å². The van der Waals surface area contributed by atoms with Crippen LogP contribution in [-0.2, 0) is 11.8 Å². The molecule has 0 saturated heterocycles. The number of aromatic nitrogens is 1. The van der Waals surface area contributed by atoms with Gasteiger partial charge in [0, 0.05) is 36.1 Å². The van der Waals surface area contributed by atoms with Crippen molar-refractivity contribution in [2.45, 2.75) is 12.3 Å². The molecule has 0 spiro atoms. The van der Waals surface area contributed by atoms with Crippen molar-refractivity contribution in [2.24, 2.45) is 7.05 Å². The summed E-state index contributed by atoms with van der Waals surface area (Å²) in [6.45, 7) is 0. The number of carbonyl (C=O) groups is 2. The van der Waals surface area contributed by atoms with Crippen molar-refractivity contribution < 1.29 is 14.7 Å². The molecule has 4 nitrogen and oxygen atoms in total. The number of fused-ring (bicyclic) bond motifs is 1. The predicted octanol–water partition coefficient (Wildman–Crippen LogP) is 3.62. The predicted molar refractivity (Wildman–Crippen MR) is 88.7 cm³/mol. The number of aryl methyl sites for hydroxylation is 1. The van der Waals surface area contributed by atoms with Gasteiger partial charge in [-0.2, -0.15) is 0 Å². The molecule has 0 amide bonds. The van der Waals surface area contributed by atoms with Crippen LogP contribution in [0, 0.1) is 0 Å². The molecule has 0 aliphatic carbocycles. The number of aliphatic carboxylic acids is 1. The van der Waals surface area contributed by atoms with E-state index in [1.165, 1.54) is 0 Å². The number of hydrogen-bond donors (Lipinski definition) is 1. The van der Waals surface area contributed by atoms with E-state index in [4.69, 9.17) is 0 Å². The number of carboxylic acids is 1. The molecule has 0 bridgehead atoms. The summed E-state index contributed by atoms with van der Waals surface area (Å²) < 4.78 is 1.90. The van der Waals surface area contributed by atoms with Gasteiger partial charge in [-0.3, -0.25) is 9.59 Å². The first kappa shape index (κ1) is 15.0. The quantitative estimate of drug-likeness (QED) is 0.732. The molecule has 4 heteroatoms. The molecule has 1 heterocycles. The maximum absolute atomic E-state index is 12.4. The van der Waals surface area contributed by atoms with Crippen LogP contribution in [0.2, 0.25) is 0 Å². The standard InChI is InChI=1S/C19H17NO3/c1-20-12-16(14-9-5-6-10-17(14)20)15(19(22)23)11-18(21)13-7-3-2-4-8-13/h2-10,12,15H,11H2,1H3,(H,22,23)/t15-/m0/s1. The van der Waals surface area contributed by atoms with Gasteiger partial charge in [-0.1, -0.05) is 48.5 Å². The highest BCUT2D eigenvalue weighted by Gasteiger charge is 2.26. The molecule has 0 aliphatic rings. The molecule has 2 aromatic carbocycles. The van der Waals surface area contributed by atoms with Crippen LogP contribution in [0.1, 0.15) is 28.3 Å². The lowest BCUT2D eigenvalue weighted by Gasteiger charge is -2.11. The van der Waals surface area contributed by atoms with Gasteiger partial charge in [-0.05, 0) is 11.6 Å². The van der Waals surface area contributed by atoms with Gasteiger partial charge >= 0.3 is 5.97 Å². The van der Waals surface area contributed by atoms with Gasteiger partial charge < -0.3 is 9.67 Å². The second kappa shape index (κ2) is 6.08. The number of para-hydroxylation sites is 1. The number of rotatable bonds is 5. The van der Waals surface area contributed by atoms with Crippen molar-refractivity contribution in [3.63, 3.8) is 0 Å². The Labute approximate surface area is 134 Å². The molecule has 0 radical (unpaired) electrons. The molecule has 0 saturated carbocycles. The zero-order valence-corrected chi connectivity index (χ0v) is 12.8. The van der Waals surface area contributed by atoms with E-state index in [0.29, 0.717) is 11.1 Å². The van der Waals surface area contributed by atoms with Crippen LogP contribution in [0.15, 0.2) is 60.8 Å². The van der Waals surface area contributed by atoms with E-state index in [2.05, 4.69) is 0 Å². The summed E-state index contributed by atoms with van der Waals surface area (Å²) in [5.74, 6) is -2.00. The average Bonchev–Trinajstić information content (AvgIpc) is 2.90. The summed E-state index contributed by atoms with van der Waals surface area (Å²) in [5, 5.41) is 10.5. The van der Waals surface area contributed by atoms with Crippen LogP contribution in [0.3, 0.4) is 0 Å². The first-order chi connectivity index (χ1) is 11.1. The maximum Gasteiger partial charge on any atom is 0.311 e. The normalized spacial score (nSPS) is 12.2. The largest absolute Gasteiger partial charge is 0.481 e. The Hall–Kier alpha value is -2.88. The maximum atomic E-state index is 12.4. The van der Waals surface area contributed by atoms with Crippen LogP contribution >= 0.6 is 0 Å². The minimum Gasteiger partial charge on any atom is -0.481 e. The van der Waals surface area contributed by atoms with Crippen LogP contribution in [0.25, 0.3) is 10.9 Å². The van der Waals surface area contributed by atoms with E-state index in [0.717, 1.165) is 10.9 Å².